The Morgan fingerprint density at radius 3 is 2.45 bits per heavy atom. The van der Waals surface area contributed by atoms with E-state index in [9.17, 15) is 4.39 Å². The Balaban J connectivity index is 2.33. The van der Waals surface area contributed by atoms with Crippen LogP contribution in [0.25, 0.3) is 0 Å². The van der Waals surface area contributed by atoms with Gasteiger partial charge >= 0.3 is 0 Å². The van der Waals surface area contributed by atoms with Crippen molar-refractivity contribution in [3.63, 3.8) is 0 Å². The Labute approximate surface area is 131 Å². The highest BCUT2D eigenvalue weighted by Crippen LogP contribution is 2.33. The lowest BCUT2D eigenvalue weighted by atomic mass is 10.1. The van der Waals surface area contributed by atoms with Crippen LogP contribution in [0.2, 0.25) is 5.02 Å². The summed E-state index contributed by atoms with van der Waals surface area (Å²) >= 11 is 9.08. The molecule has 0 saturated heterocycles. The molecule has 2 aromatic rings. The Kier molecular flexibility index (Phi) is 4.55. The van der Waals surface area contributed by atoms with E-state index >= 15 is 0 Å². The van der Waals surface area contributed by atoms with Crippen LogP contribution in [0.3, 0.4) is 0 Å². The maximum absolute atomic E-state index is 13.4. The largest absolute Gasteiger partial charge is 0.397 e. The summed E-state index contributed by atoms with van der Waals surface area (Å²) < 4.78 is 13.8. The molecule has 20 heavy (non-hydrogen) atoms. The van der Waals surface area contributed by atoms with Gasteiger partial charge in [-0.05, 0) is 46.6 Å². The summed E-state index contributed by atoms with van der Waals surface area (Å²) in [5.41, 5.74) is 8.21. The van der Waals surface area contributed by atoms with Gasteiger partial charge in [-0.25, -0.2) is 4.39 Å². The second-order valence-corrected chi connectivity index (χ2v) is 5.95. The maximum atomic E-state index is 13.4. The molecule has 2 N–H and O–H groups in total. The van der Waals surface area contributed by atoms with Crippen LogP contribution in [0.4, 0.5) is 15.8 Å². The van der Waals surface area contributed by atoms with E-state index in [1.165, 1.54) is 6.07 Å². The molecular weight excluding hydrogens is 343 g/mol. The highest BCUT2D eigenvalue weighted by molar-refractivity contribution is 9.10. The quantitative estimate of drug-likeness (QED) is 0.781. The normalized spacial score (nSPS) is 12.2. The van der Waals surface area contributed by atoms with Crippen molar-refractivity contribution >= 4 is 38.9 Å². The summed E-state index contributed by atoms with van der Waals surface area (Å²) in [5, 5.41) is 0.702. The second kappa shape index (κ2) is 6.02. The number of hydrogen-bond acceptors (Lipinski definition) is 2. The second-order valence-electron chi connectivity index (χ2n) is 4.66. The molecule has 0 aromatic heterocycles. The fourth-order valence-electron chi connectivity index (χ4n) is 2.03. The predicted molar refractivity (Wildman–Crippen MR) is 86.8 cm³/mol. The molecule has 0 fully saturated rings. The van der Waals surface area contributed by atoms with Gasteiger partial charge in [0.25, 0.3) is 0 Å². The van der Waals surface area contributed by atoms with Crippen molar-refractivity contribution in [1.29, 1.82) is 0 Å². The Hall–Kier alpha value is -1.26. The minimum Gasteiger partial charge on any atom is -0.397 e. The molecule has 0 saturated carbocycles. The molecule has 5 heteroatoms. The van der Waals surface area contributed by atoms with Gasteiger partial charge in [0.1, 0.15) is 5.82 Å². The van der Waals surface area contributed by atoms with Crippen LogP contribution in [0, 0.1) is 5.82 Å². The van der Waals surface area contributed by atoms with E-state index in [2.05, 4.69) is 22.9 Å². The van der Waals surface area contributed by atoms with E-state index in [1.54, 1.807) is 6.07 Å². The van der Waals surface area contributed by atoms with Crippen molar-refractivity contribution in [3.05, 3.63) is 57.3 Å². The van der Waals surface area contributed by atoms with Crippen molar-refractivity contribution in [2.75, 3.05) is 17.7 Å². The van der Waals surface area contributed by atoms with E-state index < -0.39 is 0 Å². The molecule has 0 radical (unpaired) electrons. The number of nitrogens with zero attached hydrogens (tertiary/aromatic N) is 1. The Bertz CT molecular complexity index is 616. The average Bonchev–Trinajstić information content (AvgIpc) is 2.42. The van der Waals surface area contributed by atoms with Crippen LogP contribution in [0.1, 0.15) is 18.5 Å². The van der Waals surface area contributed by atoms with Gasteiger partial charge in [0.2, 0.25) is 0 Å². The zero-order valence-corrected chi connectivity index (χ0v) is 13.5. The Morgan fingerprint density at radius 2 is 1.85 bits per heavy atom. The maximum Gasteiger partial charge on any atom is 0.139 e. The third-order valence-electron chi connectivity index (χ3n) is 3.38. The van der Waals surface area contributed by atoms with Crippen molar-refractivity contribution in [1.82, 2.24) is 0 Å². The fraction of sp³-hybridized carbons (Fsp3) is 0.200. The smallest absolute Gasteiger partial charge is 0.139 e. The van der Waals surface area contributed by atoms with E-state index in [0.717, 1.165) is 11.3 Å². The first-order valence-corrected chi connectivity index (χ1v) is 7.30. The molecule has 0 bridgehead atoms. The van der Waals surface area contributed by atoms with Crippen LogP contribution in [0.5, 0.6) is 0 Å². The van der Waals surface area contributed by atoms with Crippen molar-refractivity contribution < 1.29 is 4.39 Å². The van der Waals surface area contributed by atoms with Crippen molar-refractivity contribution in [2.45, 2.75) is 13.0 Å². The fourth-order valence-corrected chi connectivity index (χ4v) is 2.49. The number of nitrogen functional groups attached to an aromatic ring is 1. The van der Waals surface area contributed by atoms with Gasteiger partial charge in [-0.1, -0.05) is 23.7 Å². The summed E-state index contributed by atoms with van der Waals surface area (Å²) in [7, 11) is 1.93. The molecule has 106 valence electrons. The summed E-state index contributed by atoms with van der Waals surface area (Å²) in [6.07, 6.45) is 0. The van der Waals surface area contributed by atoms with Gasteiger partial charge in [-0.2, -0.15) is 0 Å². The molecule has 0 spiro atoms. The van der Waals surface area contributed by atoms with Gasteiger partial charge in [-0.15, -0.1) is 0 Å². The van der Waals surface area contributed by atoms with Gasteiger partial charge in [0, 0.05) is 18.1 Å². The number of nitrogens with two attached hydrogens (primary N) is 1. The molecule has 0 aliphatic heterocycles. The summed E-state index contributed by atoms with van der Waals surface area (Å²) in [4.78, 5) is 2.00. The van der Waals surface area contributed by atoms with Crippen LogP contribution in [0.15, 0.2) is 40.9 Å². The van der Waals surface area contributed by atoms with E-state index in [0.29, 0.717) is 15.2 Å². The van der Waals surface area contributed by atoms with Crippen LogP contribution in [-0.4, -0.2) is 7.05 Å². The van der Waals surface area contributed by atoms with Gasteiger partial charge in [-0.3, -0.25) is 0 Å². The zero-order valence-electron chi connectivity index (χ0n) is 11.2. The Morgan fingerprint density at radius 1 is 1.25 bits per heavy atom. The van der Waals surface area contributed by atoms with Gasteiger partial charge in [0.05, 0.1) is 21.9 Å². The molecule has 0 heterocycles. The predicted octanol–water partition coefficient (Wildman–Crippen LogP) is 5.02. The molecule has 1 atom stereocenters. The van der Waals surface area contributed by atoms with Crippen molar-refractivity contribution in [3.8, 4) is 0 Å². The minimum absolute atomic E-state index is 0.0897. The highest BCUT2D eigenvalue weighted by atomic mass is 79.9. The third kappa shape index (κ3) is 3.07. The molecule has 2 rings (SSSR count). The highest BCUT2D eigenvalue weighted by Gasteiger charge is 2.16. The van der Waals surface area contributed by atoms with Crippen LogP contribution >= 0.6 is 27.5 Å². The lowest BCUT2D eigenvalue weighted by Gasteiger charge is -2.29. The van der Waals surface area contributed by atoms with E-state index in [4.69, 9.17) is 17.3 Å². The van der Waals surface area contributed by atoms with E-state index in [1.807, 2.05) is 36.2 Å². The first-order chi connectivity index (χ1) is 9.40. The molecule has 0 aliphatic rings. The standard InChI is InChI=1S/C15H15BrClFN2/c1-9(10-3-5-11(17)6-4-10)20(2)15-7-12(16)13(18)8-14(15)19/h3-9H,19H2,1-2H3. The number of rotatable bonds is 3. The molecule has 1 unspecified atom stereocenters. The summed E-state index contributed by atoms with van der Waals surface area (Å²) in [6, 6.07) is 10.8. The lowest BCUT2D eigenvalue weighted by molar-refractivity contribution is 0.621. The SMILES string of the molecule is CC(c1ccc(Cl)cc1)N(C)c1cc(Br)c(F)cc1N. The lowest BCUT2D eigenvalue weighted by Crippen LogP contribution is -2.22. The molecule has 2 aromatic carbocycles. The monoisotopic (exact) mass is 356 g/mol. The van der Waals surface area contributed by atoms with Crippen molar-refractivity contribution in [2.24, 2.45) is 0 Å². The van der Waals surface area contributed by atoms with Gasteiger partial charge < -0.3 is 10.6 Å². The summed E-state index contributed by atoms with van der Waals surface area (Å²) in [6.45, 7) is 2.06. The first kappa shape index (κ1) is 15.1. The van der Waals surface area contributed by atoms with E-state index in [-0.39, 0.29) is 11.9 Å². The molecule has 0 aliphatic carbocycles. The number of anilines is 2. The van der Waals surface area contributed by atoms with Gasteiger partial charge in [0.15, 0.2) is 0 Å². The minimum atomic E-state index is -0.362. The average molecular weight is 358 g/mol. The number of halogens is 3. The zero-order chi connectivity index (χ0) is 14.9. The van der Waals surface area contributed by atoms with Crippen LogP contribution in [-0.2, 0) is 0 Å². The molecule has 2 nitrogen and oxygen atoms in total. The number of benzene rings is 2. The summed E-state index contributed by atoms with van der Waals surface area (Å²) in [5.74, 6) is -0.362. The third-order valence-corrected chi connectivity index (χ3v) is 4.24. The van der Waals surface area contributed by atoms with Crippen LogP contribution < -0.4 is 10.6 Å². The molecular formula is C15H15BrClFN2. The first-order valence-electron chi connectivity index (χ1n) is 6.13. The molecule has 0 amide bonds. The number of hydrogen-bond donors (Lipinski definition) is 1. The topological polar surface area (TPSA) is 29.3 Å².